The summed E-state index contributed by atoms with van der Waals surface area (Å²) in [6, 6.07) is 0. The topological polar surface area (TPSA) is 0 Å². The molecule has 0 heteroatoms. The summed E-state index contributed by atoms with van der Waals surface area (Å²) in [4.78, 5) is 0. The van der Waals surface area contributed by atoms with E-state index in [0.717, 1.165) is 0 Å². The first-order valence-electron chi connectivity index (χ1n) is 3.91. The Balaban J connectivity index is 2.59. The molecule has 0 bridgehead atoms. The molecule has 1 rings (SSSR count). The largest absolute Gasteiger partial charge is 0.0804 e. The third-order valence-electron chi connectivity index (χ3n) is 1.71. The van der Waals surface area contributed by atoms with Crippen molar-refractivity contribution in [1.29, 1.82) is 0 Å². The van der Waals surface area contributed by atoms with Crippen LogP contribution >= 0.6 is 0 Å². The third kappa shape index (κ3) is 1.60. The van der Waals surface area contributed by atoms with Crippen LogP contribution < -0.4 is 0 Å². The molecule has 0 unspecified atom stereocenters. The van der Waals surface area contributed by atoms with Crippen molar-refractivity contribution < 1.29 is 0 Å². The van der Waals surface area contributed by atoms with Gasteiger partial charge in [-0.25, -0.2) is 0 Å². The fourth-order valence-electron chi connectivity index (χ4n) is 1.14. The Labute approximate surface area is 62.9 Å². The van der Waals surface area contributed by atoms with Gasteiger partial charge in [-0.3, -0.25) is 0 Å². The second-order valence-electron chi connectivity index (χ2n) is 2.59. The SMILES string of the molecule is C/C=C1/C=CC(CCC)=C1. The Bertz CT molecular complexity index is 192. The Morgan fingerprint density at radius 1 is 1.40 bits per heavy atom. The van der Waals surface area contributed by atoms with E-state index in [1.165, 1.54) is 24.0 Å². The van der Waals surface area contributed by atoms with Gasteiger partial charge in [-0.2, -0.15) is 0 Å². The fraction of sp³-hybridized carbons (Fsp3) is 0.400. The first-order valence-corrected chi connectivity index (χ1v) is 3.91. The van der Waals surface area contributed by atoms with E-state index in [4.69, 9.17) is 0 Å². The number of hydrogen-bond acceptors (Lipinski definition) is 0. The monoisotopic (exact) mass is 134 g/mol. The molecule has 0 saturated carbocycles. The zero-order valence-electron chi connectivity index (χ0n) is 6.72. The van der Waals surface area contributed by atoms with E-state index < -0.39 is 0 Å². The molecule has 0 N–H and O–H groups in total. The third-order valence-corrected chi connectivity index (χ3v) is 1.71. The van der Waals surface area contributed by atoms with Crippen molar-refractivity contribution in [3.05, 3.63) is 35.5 Å². The van der Waals surface area contributed by atoms with Gasteiger partial charge in [-0.15, -0.1) is 0 Å². The number of hydrogen-bond donors (Lipinski definition) is 0. The Kier molecular flexibility index (Phi) is 2.49. The Hall–Kier alpha value is -0.780. The molecule has 0 heterocycles. The predicted molar refractivity (Wildman–Crippen MR) is 45.9 cm³/mol. The van der Waals surface area contributed by atoms with Gasteiger partial charge in [0.2, 0.25) is 0 Å². The van der Waals surface area contributed by atoms with Crippen LogP contribution in [-0.2, 0) is 0 Å². The summed E-state index contributed by atoms with van der Waals surface area (Å²) in [5.41, 5.74) is 2.82. The lowest BCUT2D eigenvalue weighted by Gasteiger charge is -1.91. The predicted octanol–water partition coefficient (Wildman–Crippen LogP) is 3.23. The average Bonchev–Trinajstić information content (AvgIpc) is 2.37. The van der Waals surface area contributed by atoms with Crippen molar-refractivity contribution >= 4 is 0 Å². The van der Waals surface area contributed by atoms with Crippen molar-refractivity contribution in [2.75, 3.05) is 0 Å². The van der Waals surface area contributed by atoms with Gasteiger partial charge >= 0.3 is 0 Å². The van der Waals surface area contributed by atoms with Gasteiger partial charge in [0.1, 0.15) is 0 Å². The molecule has 0 aromatic carbocycles. The van der Waals surface area contributed by atoms with Crippen molar-refractivity contribution in [1.82, 2.24) is 0 Å². The lowest BCUT2D eigenvalue weighted by Crippen LogP contribution is -1.71. The van der Waals surface area contributed by atoms with E-state index in [1.807, 2.05) is 0 Å². The maximum atomic E-state index is 2.25. The highest BCUT2D eigenvalue weighted by Crippen LogP contribution is 2.18. The van der Waals surface area contributed by atoms with Gasteiger partial charge in [-0.1, -0.05) is 37.6 Å². The first kappa shape index (κ1) is 7.33. The highest BCUT2D eigenvalue weighted by molar-refractivity contribution is 5.45. The fourth-order valence-corrected chi connectivity index (χ4v) is 1.14. The molecule has 1 aliphatic carbocycles. The van der Waals surface area contributed by atoms with Gasteiger partial charge in [0.15, 0.2) is 0 Å². The molecule has 0 nitrogen and oxygen atoms in total. The molecule has 0 aromatic heterocycles. The summed E-state index contributed by atoms with van der Waals surface area (Å²) < 4.78 is 0. The van der Waals surface area contributed by atoms with Gasteiger partial charge < -0.3 is 0 Å². The van der Waals surface area contributed by atoms with Crippen molar-refractivity contribution in [3.8, 4) is 0 Å². The van der Waals surface area contributed by atoms with Crippen LogP contribution in [0.1, 0.15) is 26.7 Å². The van der Waals surface area contributed by atoms with E-state index in [2.05, 4.69) is 38.2 Å². The Morgan fingerprint density at radius 2 is 2.20 bits per heavy atom. The highest BCUT2D eigenvalue weighted by Gasteiger charge is 1.98. The lowest BCUT2D eigenvalue weighted by atomic mass is 10.2. The molecule has 0 fully saturated rings. The number of allylic oxidation sites excluding steroid dienone is 6. The maximum Gasteiger partial charge on any atom is -0.0281 e. The highest BCUT2D eigenvalue weighted by atomic mass is 14.0. The summed E-state index contributed by atoms with van der Waals surface area (Å²) in [6.07, 6.45) is 11.2. The van der Waals surface area contributed by atoms with E-state index in [9.17, 15) is 0 Å². The minimum atomic E-state index is 1.22. The van der Waals surface area contributed by atoms with Gasteiger partial charge in [0, 0.05) is 0 Å². The van der Waals surface area contributed by atoms with Crippen LogP contribution in [0.5, 0.6) is 0 Å². The summed E-state index contributed by atoms with van der Waals surface area (Å²) >= 11 is 0. The average molecular weight is 134 g/mol. The van der Waals surface area contributed by atoms with E-state index in [0.29, 0.717) is 0 Å². The number of rotatable bonds is 2. The zero-order chi connectivity index (χ0) is 7.40. The second kappa shape index (κ2) is 3.40. The summed E-state index contributed by atoms with van der Waals surface area (Å²) in [7, 11) is 0. The van der Waals surface area contributed by atoms with Crippen molar-refractivity contribution in [3.63, 3.8) is 0 Å². The first-order chi connectivity index (χ1) is 4.86. The minimum Gasteiger partial charge on any atom is -0.0804 e. The standard InChI is InChI=1S/C10H14/c1-3-5-10-7-6-9(4-2)8-10/h4,6-8H,3,5H2,1-2H3/b9-4-. The maximum absolute atomic E-state index is 2.25. The zero-order valence-corrected chi connectivity index (χ0v) is 6.72. The van der Waals surface area contributed by atoms with Crippen LogP contribution in [0.4, 0.5) is 0 Å². The van der Waals surface area contributed by atoms with E-state index >= 15 is 0 Å². The molecule has 0 atom stereocenters. The summed E-state index contributed by atoms with van der Waals surface area (Å²) in [5.74, 6) is 0. The van der Waals surface area contributed by atoms with E-state index in [-0.39, 0.29) is 0 Å². The molecule has 0 amide bonds. The minimum absolute atomic E-state index is 1.22. The van der Waals surface area contributed by atoms with Crippen molar-refractivity contribution in [2.24, 2.45) is 0 Å². The van der Waals surface area contributed by atoms with E-state index in [1.54, 1.807) is 0 Å². The molecule has 0 radical (unpaired) electrons. The van der Waals surface area contributed by atoms with Crippen LogP contribution in [0.2, 0.25) is 0 Å². The summed E-state index contributed by atoms with van der Waals surface area (Å²) in [5, 5.41) is 0. The smallest absolute Gasteiger partial charge is 0.0281 e. The van der Waals surface area contributed by atoms with Crippen molar-refractivity contribution in [2.45, 2.75) is 26.7 Å². The molecule has 0 spiro atoms. The molecule has 54 valence electrons. The van der Waals surface area contributed by atoms with Crippen LogP contribution in [0.3, 0.4) is 0 Å². The van der Waals surface area contributed by atoms with Crippen LogP contribution in [0.15, 0.2) is 35.5 Å². The van der Waals surface area contributed by atoms with Gasteiger partial charge in [-0.05, 0) is 24.5 Å². The normalized spacial score (nSPS) is 20.2. The molecule has 1 aliphatic rings. The molecule has 10 heavy (non-hydrogen) atoms. The van der Waals surface area contributed by atoms with Crippen LogP contribution in [0.25, 0.3) is 0 Å². The molecular weight excluding hydrogens is 120 g/mol. The molecule has 0 saturated heterocycles. The lowest BCUT2D eigenvalue weighted by molar-refractivity contribution is 0.929. The quantitative estimate of drug-likeness (QED) is 0.544. The van der Waals surface area contributed by atoms with Crippen LogP contribution in [-0.4, -0.2) is 0 Å². The van der Waals surface area contributed by atoms with Crippen LogP contribution in [0, 0.1) is 0 Å². The molecule has 0 aliphatic heterocycles. The van der Waals surface area contributed by atoms with Gasteiger partial charge in [0.05, 0.1) is 0 Å². The molecular formula is C10H14. The summed E-state index contributed by atoms with van der Waals surface area (Å²) in [6.45, 7) is 4.29. The second-order valence-corrected chi connectivity index (χ2v) is 2.59. The van der Waals surface area contributed by atoms with Gasteiger partial charge in [0.25, 0.3) is 0 Å². The molecule has 0 aromatic rings. The Morgan fingerprint density at radius 3 is 2.70 bits per heavy atom.